The molecule has 4 N–H and O–H groups in total. The van der Waals surface area contributed by atoms with Crippen LogP contribution in [0.15, 0.2) is 18.2 Å². The summed E-state index contributed by atoms with van der Waals surface area (Å²) in [6.07, 6.45) is 10.5. The monoisotopic (exact) mass is 511 g/mol. The van der Waals surface area contributed by atoms with Crippen LogP contribution in [0.5, 0.6) is 0 Å². The lowest BCUT2D eigenvalue weighted by atomic mass is 9.74. The van der Waals surface area contributed by atoms with Crippen LogP contribution in [0, 0.1) is 17.7 Å². The number of halogens is 2. The average molecular weight is 512 g/mol. The van der Waals surface area contributed by atoms with Crippen molar-refractivity contribution in [3.05, 3.63) is 34.6 Å². The van der Waals surface area contributed by atoms with Crippen molar-refractivity contribution in [1.82, 2.24) is 10.2 Å². The molecule has 1 aromatic carbocycles. The highest BCUT2D eigenvalue weighted by molar-refractivity contribution is 6.30. The summed E-state index contributed by atoms with van der Waals surface area (Å²) in [7, 11) is 1.64. The molecule has 8 heteroatoms. The SMILES string of the molecule is COCCCC[C@@](O)(c1cccc(Cl)c1F)C1CCCN(C(=O)NCC(N)CC2CCCCC2)C1. The topological polar surface area (TPSA) is 87.8 Å². The lowest BCUT2D eigenvalue weighted by Gasteiger charge is -2.43. The molecule has 0 aromatic heterocycles. The molecule has 198 valence electrons. The van der Waals surface area contributed by atoms with Crippen LogP contribution in [0.2, 0.25) is 5.02 Å². The zero-order chi connectivity index (χ0) is 25.3. The number of carbonyl (C=O) groups excluding carboxylic acids is 1. The Hall–Kier alpha value is -1.41. The molecule has 2 amide bonds. The zero-order valence-corrected chi connectivity index (χ0v) is 21.9. The Bertz CT molecular complexity index is 808. The number of ether oxygens (including phenoxy) is 1. The van der Waals surface area contributed by atoms with Gasteiger partial charge in [-0.15, -0.1) is 0 Å². The number of aliphatic hydroxyl groups is 1. The third-order valence-corrected chi connectivity index (χ3v) is 8.13. The maximum Gasteiger partial charge on any atom is 0.317 e. The van der Waals surface area contributed by atoms with Crippen LogP contribution in [0.25, 0.3) is 0 Å². The van der Waals surface area contributed by atoms with Crippen LogP contribution in [-0.4, -0.2) is 55.4 Å². The standard InChI is InChI=1S/C27H43ClFN3O3/c1-35-16-6-5-14-27(34,23-12-7-13-24(28)25(23)29)21-11-8-15-32(19-21)26(33)31-18-22(30)17-20-9-3-2-4-10-20/h7,12-13,20-22,34H,2-6,8-11,14-19,30H2,1H3,(H,31,33)/t21?,22?,27-/m0/s1. The van der Waals surface area contributed by atoms with Gasteiger partial charge in [0.25, 0.3) is 0 Å². The van der Waals surface area contributed by atoms with Crippen molar-refractivity contribution < 1.29 is 19.0 Å². The first kappa shape index (κ1) is 28.2. The molecule has 3 atom stereocenters. The van der Waals surface area contributed by atoms with E-state index in [-0.39, 0.29) is 28.6 Å². The van der Waals surface area contributed by atoms with Crippen molar-refractivity contribution in [2.45, 2.75) is 82.3 Å². The zero-order valence-electron chi connectivity index (χ0n) is 21.1. The Morgan fingerprint density at radius 2 is 2.06 bits per heavy atom. The van der Waals surface area contributed by atoms with E-state index in [0.29, 0.717) is 51.4 Å². The highest BCUT2D eigenvalue weighted by atomic mass is 35.5. The molecule has 0 spiro atoms. The van der Waals surface area contributed by atoms with Crippen LogP contribution >= 0.6 is 11.6 Å². The summed E-state index contributed by atoms with van der Waals surface area (Å²) >= 11 is 6.07. The van der Waals surface area contributed by atoms with Crippen molar-refractivity contribution in [1.29, 1.82) is 0 Å². The minimum Gasteiger partial charge on any atom is -0.385 e. The number of nitrogens with one attached hydrogen (secondary N) is 1. The Morgan fingerprint density at radius 3 is 2.80 bits per heavy atom. The second kappa shape index (κ2) is 13.8. The number of nitrogens with zero attached hydrogens (tertiary/aromatic N) is 1. The lowest BCUT2D eigenvalue weighted by Crippen LogP contribution is -2.52. The largest absolute Gasteiger partial charge is 0.385 e. The first-order valence-electron chi connectivity index (χ1n) is 13.3. The number of hydrogen-bond acceptors (Lipinski definition) is 4. The van der Waals surface area contributed by atoms with Crippen LogP contribution in [-0.2, 0) is 10.3 Å². The van der Waals surface area contributed by atoms with Crippen molar-refractivity contribution in [3.63, 3.8) is 0 Å². The van der Waals surface area contributed by atoms with E-state index in [1.165, 1.54) is 38.2 Å². The third kappa shape index (κ3) is 7.78. The predicted octanol–water partition coefficient (Wildman–Crippen LogP) is 5.20. The van der Waals surface area contributed by atoms with Gasteiger partial charge in [0.15, 0.2) is 0 Å². The fraction of sp³-hybridized carbons (Fsp3) is 0.741. The number of amides is 2. The second-order valence-corrected chi connectivity index (χ2v) is 10.9. The van der Waals surface area contributed by atoms with Gasteiger partial charge < -0.3 is 25.8 Å². The molecular formula is C27H43ClFN3O3. The van der Waals surface area contributed by atoms with Gasteiger partial charge in [0.1, 0.15) is 5.82 Å². The molecule has 35 heavy (non-hydrogen) atoms. The number of methoxy groups -OCH3 is 1. The van der Waals surface area contributed by atoms with Gasteiger partial charge in [-0.2, -0.15) is 0 Å². The molecule has 3 rings (SSSR count). The molecule has 1 saturated heterocycles. The van der Waals surface area contributed by atoms with Gasteiger partial charge in [0.2, 0.25) is 0 Å². The first-order chi connectivity index (χ1) is 16.8. The third-order valence-electron chi connectivity index (χ3n) is 7.83. The van der Waals surface area contributed by atoms with Crippen LogP contribution in [0.1, 0.15) is 76.2 Å². The molecule has 2 unspecified atom stereocenters. The van der Waals surface area contributed by atoms with E-state index in [9.17, 15) is 9.90 Å². The fourth-order valence-corrected chi connectivity index (χ4v) is 6.03. The smallest absolute Gasteiger partial charge is 0.317 e. The molecule has 2 aliphatic rings. The van der Waals surface area contributed by atoms with Crippen molar-refractivity contribution in [3.8, 4) is 0 Å². The summed E-state index contributed by atoms with van der Waals surface area (Å²) < 4.78 is 20.2. The maximum atomic E-state index is 15.1. The lowest BCUT2D eigenvalue weighted by molar-refractivity contribution is -0.0586. The summed E-state index contributed by atoms with van der Waals surface area (Å²) in [5.74, 6) is -0.220. The number of piperidine rings is 1. The summed E-state index contributed by atoms with van der Waals surface area (Å²) in [5.41, 5.74) is 5.12. The quantitative estimate of drug-likeness (QED) is 0.356. The van der Waals surface area contributed by atoms with Crippen LogP contribution in [0.3, 0.4) is 0 Å². The molecule has 0 bridgehead atoms. The Kier molecular flexibility index (Phi) is 11.1. The van der Waals surface area contributed by atoms with Crippen LogP contribution in [0.4, 0.5) is 9.18 Å². The number of likely N-dealkylation sites (tertiary alicyclic amines) is 1. The Morgan fingerprint density at radius 1 is 1.29 bits per heavy atom. The van der Waals surface area contributed by atoms with E-state index < -0.39 is 11.4 Å². The van der Waals surface area contributed by atoms with E-state index in [1.54, 1.807) is 24.1 Å². The molecule has 1 aliphatic carbocycles. The summed E-state index contributed by atoms with van der Waals surface area (Å²) in [4.78, 5) is 14.7. The van der Waals surface area contributed by atoms with Gasteiger partial charge in [-0.3, -0.25) is 0 Å². The summed E-state index contributed by atoms with van der Waals surface area (Å²) in [5, 5.41) is 14.9. The normalized spacial score (nSPS) is 22.0. The van der Waals surface area contributed by atoms with Crippen molar-refractivity contribution >= 4 is 17.6 Å². The molecule has 1 heterocycles. The van der Waals surface area contributed by atoms with Gasteiger partial charge in [0.05, 0.1) is 10.6 Å². The van der Waals surface area contributed by atoms with Crippen molar-refractivity contribution in [2.75, 3.05) is 33.4 Å². The number of hydrogen-bond donors (Lipinski definition) is 3. The highest BCUT2D eigenvalue weighted by Crippen LogP contribution is 2.42. The number of rotatable bonds is 11. The minimum atomic E-state index is -1.42. The maximum absolute atomic E-state index is 15.1. The average Bonchev–Trinajstić information content (AvgIpc) is 2.87. The molecule has 1 aromatic rings. The predicted molar refractivity (Wildman–Crippen MR) is 138 cm³/mol. The fourth-order valence-electron chi connectivity index (χ4n) is 5.85. The van der Waals surface area contributed by atoms with E-state index >= 15 is 4.39 Å². The Balaban J connectivity index is 1.63. The number of nitrogens with two attached hydrogens (primary N) is 1. The molecule has 0 radical (unpaired) electrons. The summed E-state index contributed by atoms with van der Waals surface area (Å²) in [6, 6.07) is 4.55. The van der Waals surface area contributed by atoms with Gasteiger partial charge in [-0.25, -0.2) is 9.18 Å². The first-order valence-corrected chi connectivity index (χ1v) is 13.7. The summed E-state index contributed by atoms with van der Waals surface area (Å²) in [6.45, 7) is 1.99. The van der Waals surface area contributed by atoms with Crippen molar-refractivity contribution in [2.24, 2.45) is 17.6 Å². The minimum absolute atomic E-state index is 0.00446. The van der Waals surface area contributed by atoms with Gasteiger partial charge in [-0.05, 0) is 50.5 Å². The number of benzene rings is 1. The van der Waals surface area contributed by atoms with Gasteiger partial charge >= 0.3 is 6.03 Å². The number of unbranched alkanes of at least 4 members (excludes halogenated alkanes) is 1. The van der Waals surface area contributed by atoms with E-state index in [0.717, 1.165) is 19.3 Å². The number of urea groups is 1. The Labute approximate surface area is 214 Å². The van der Waals surface area contributed by atoms with E-state index in [1.807, 2.05) is 0 Å². The number of carbonyl (C=O) groups is 1. The van der Waals surface area contributed by atoms with Gasteiger partial charge in [-0.1, -0.05) is 55.8 Å². The molecule has 6 nitrogen and oxygen atoms in total. The molecule has 1 saturated carbocycles. The molecular weight excluding hydrogens is 469 g/mol. The molecule has 2 fully saturated rings. The van der Waals surface area contributed by atoms with Crippen LogP contribution < -0.4 is 11.1 Å². The second-order valence-electron chi connectivity index (χ2n) is 10.4. The highest BCUT2D eigenvalue weighted by Gasteiger charge is 2.43. The van der Waals surface area contributed by atoms with Gasteiger partial charge in [0, 0.05) is 50.9 Å². The molecule has 1 aliphatic heterocycles. The van der Waals surface area contributed by atoms with E-state index in [4.69, 9.17) is 22.1 Å². The van der Waals surface area contributed by atoms with E-state index in [2.05, 4.69) is 5.32 Å².